The second-order valence-corrected chi connectivity index (χ2v) is 11.2. The molecular formula is C32H42F3NO4. The van der Waals surface area contributed by atoms with Gasteiger partial charge in [0.15, 0.2) is 0 Å². The maximum absolute atomic E-state index is 14.1. The fourth-order valence-electron chi connectivity index (χ4n) is 4.94. The quantitative estimate of drug-likeness (QED) is 0.160. The molecule has 0 amide bonds. The molecule has 0 saturated heterocycles. The van der Waals surface area contributed by atoms with Crippen molar-refractivity contribution in [3.63, 3.8) is 0 Å². The zero-order valence-electron chi connectivity index (χ0n) is 24.1. The largest absolute Gasteiger partial charge is 0.491 e. The van der Waals surface area contributed by atoms with E-state index in [0.29, 0.717) is 24.6 Å². The van der Waals surface area contributed by atoms with Crippen LogP contribution in [0.4, 0.5) is 13.2 Å². The molecule has 3 aromatic rings. The summed E-state index contributed by atoms with van der Waals surface area (Å²) in [4.78, 5) is 12.5. The molecule has 0 spiro atoms. The zero-order valence-corrected chi connectivity index (χ0v) is 24.1. The van der Waals surface area contributed by atoms with E-state index in [-0.39, 0.29) is 42.3 Å². The first-order valence-corrected chi connectivity index (χ1v) is 14.2. The van der Waals surface area contributed by atoms with E-state index in [4.69, 9.17) is 9.47 Å². The van der Waals surface area contributed by atoms with Crippen LogP contribution >= 0.6 is 0 Å². The van der Waals surface area contributed by atoms with Crippen molar-refractivity contribution in [3.05, 3.63) is 54.1 Å². The number of para-hydroxylation sites is 1. The molecule has 5 nitrogen and oxygen atoms in total. The van der Waals surface area contributed by atoms with Gasteiger partial charge in [-0.05, 0) is 55.0 Å². The van der Waals surface area contributed by atoms with Crippen molar-refractivity contribution < 1.29 is 32.5 Å². The Balaban J connectivity index is 1.81. The molecular weight excluding hydrogens is 519 g/mol. The van der Waals surface area contributed by atoms with E-state index in [9.17, 15) is 23.1 Å². The lowest BCUT2D eigenvalue weighted by molar-refractivity contribution is -0.154. The van der Waals surface area contributed by atoms with Gasteiger partial charge >= 0.3 is 12.1 Å². The van der Waals surface area contributed by atoms with E-state index >= 15 is 0 Å². The molecule has 8 heteroatoms. The van der Waals surface area contributed by atoms with Crippen LogP contribution in [-0.2, 0) is 22.3 Å². The average Bonchev–Trinajstić information content (AvgIpc) is 3.27. The Morgan fingerprint density at radius 1 is 1.00 bits per heavy atom. The molecule has 2 aromatic carbocycles. The van der Waals surface area contributed by atoms with Crippen molar-refractivity contribution >= 4 is 16.9 Å². The summed E-state index contributed by atoms with van der Waals surface area (Å²) in [6.45, 7) is 10.2. The molecule has 2 atom stereocenters. The molecule has 0 aliphatic heterocycles. The lowest BCUT2D eigenvalue weighted by Gasteiger charge is -2.22. The average molecular weight is 562 g/mol. The second kappa shape index (κ2) is 14.1. The predicted molar refractivity (Wildman–Crippen MR) is 152 cm³/mol. The number of aryl methyl sites for hydroxylation is 1. The summed E-state index contributed by atoms with van der Waals surface area (Å²) in [6, 6.07) is 13.0. The van der Waals surface area contributed by atoms with Gasteiger partial charge in [0.05, 0.1) is 11.5 Å². The van der Waals surface area contributed by atoms with Crippen LogP contribution in [0.1, 0.15) is 65.9 Å². The van der Waals surface area contributed by atoms with Gasteiger partial charge in [0, 0.05) is 28.7 Å². The summed E-state index contributed by atoms with van der Waals surface area (Å²) < 4.78 is 55.3. The highest BCUT2D eigenvalue weighted by atomic mass is 19.4. The van der Waals surface area contributed by atoms with Crippen LogP contribution in [0.15, 0.2) is 48.5 Å². The lowest BCUT2D eigenvalue weighted by atomic mass is 9.88. The van der Waals surface area contributed by atoms with Gasteiger partial charge in [0.2, 0.25) is 0 Å². The van der Waals surface area contributed by atoms with Crippen LogP contribution in [0.5, 0.6) is 5.75 Å². The van der Waals surface area contributed by atoms with E-state index in [0.717, 1.165) is 36.2 Å². The Morgan fingerprint density at radius 3 is 2.38 bits per heavy atom. The molecule has 0 saturated carbocycles. The van der Waals surface area contributed by atoms with Gasteiger partial charge in [0.1, 0.15) is 25.1 Å². The van der Waals surface area contributed by atoms with Crippen LogP contribution in [0.25, 0.3) is 22.2 Å². The van der Waals surface area contributed by atoms with Gasteiger partial charge < -0.3 is 19.1 Å². The third-order valence-electron chi connectivity index (χ3n) is 7.06. The fourth-order valence-corrected chi connectivity index (χ4v) is 4.94. The van der Waals surface area contributed by atoms with E-state index in [2.05, 4.69) is 6.92 Å². The number of esters is 1. The predicted octanol–water partition coefficient (Wildman–Crippen LogP) is 8.12. The van der Waals surface area contributed by atoms with Gasteiger partial charge in [-0.2, -0.15) is 13.2 Å². The summed E-state index contributed by atoms with van der Waals surface area (Å²) >= 11 is 0. The minimum Gasteiger partial charge on any atom is -0.491 e. The minimum absolute atomic E-state index is 0.0204. The van der Waals surface area contributed by atoms with Crippen LogP contribution in [0, 0.1) is 17.8 Å². The standard InChI is InChI=1S/C32H42F3NO4/c1-6-7-10-15-36-29-12-9-8-11-23(29)17-30(36)27-18-25(13-14-28(27)32(33,34)35)39-19-24(37)20-40-31(38)26(22(4)5)16-21(2)3/h8-9,11-14,17-18,21-22,24,26,37H,6-7,10,15-16,19-20H2,1-5H3. The Bertz CT molecular complexity index is 1250. The highest BCUT2D eigenvalue weighted by Gasteiger charge is 2.35. The van der Waals surface area contributed by atoms with Crippen LogP contribution in [0.2, 0.25) is 0 Å². The van der Waals surface area contributed by atoms with Gasteiger partial charge in [-0.3, -0.25) is 4.79 Å². The smallest absolute Gasteiger partial charge is 0.417 e. The van der Waals surface area contributed by atoms with Crippen molar-refractivity contribution in [1.29, 1.82) is 0 Å². The monoisotopic (exact) mass is 561 g/mol. The molecule has 220 valence electrons. The van der Waals surface area contributed by atoms with Crippen LogP contribution < -0.4 is 4.74 Å². The number of unbranched alkanes of at least 4 members (excludes halogenated alkanes) is 2. The van der Waals surface area contributed by atoms with Crippen molar-refractivity contribution in [2.75, 3.05) is 13.2 Å². The number of alkyl halides is 3. The molecule has 0 radical (unpaired) electrons. The normalized spacial score (nSPS) is 13.7. The molecule has 1 heterocycles. The van der Waals surface area contributed by atoms with E-state index in [1.54, 1.807) is 6.07 Å². The molecule has 3 rings (SSSR count). The van der Waals surface area contributed by atoms with Gasteiger partial charge in [-0.1, -0.05) is 65.7 Å². The summed E-state index contributed by atoms with van der Waals surface area (Å²) in [7, 11) is 0. The number of hydrogen-bond acceptors (Lipinski definition) is 4. The number of aromatic nitrogens is 1. The lowest BCUT2D eigenvalue weighted by Crippen LogP contribution is -2.30. The van der Waals surface area contributed by atoms with Gasteiger partial charge in [-0.25, -0.2) is 0 Å². The molecule has 0 fully saturated rings. The number of fused-ring (bicyclic) bond motifs is 1. The SMILES string of the molecule is CCCCCn1c(-c2cc(OCC(O)COC(=O)C(CC(C)C)C(C)C)ccc2C(F)(F)F)cc2ccccc21. The number of rotatable bonds is 14. The summed E-state index contributed by atoms with van der Waals surface area (Å²) in [5.74, 6) is -0.0115. The highest BCUT2D eigenvalue weighted by Crippen LogP contribution is 2.41. The second-order valence-electron chi connectivity index (χ2n) is 11.2. The first-order valence-electron chi connectivity index (χ1n) is 14.2. The number of aliphatic hydroxyl groups excluding tert-OH is 1. The first-order chi connectivity index (χ1) is 18.9. The van der Waals surface area contributed by atoms with Crippen molar-refractivity contribution in [2.45, 2.75) is 79.1 Å². The zero-order chi connectivity index (χ0) is 29.4. The van der Waals surface area contributed by atoms with E-state index in [1.165, 1.54) is 12.1 Å². The number of halogens is 3. The Kier molecular flexibility index (Phi) is 11.1. The van der Waals surface area contributed by atoms with Crippen LogP contribution in [-0.4, -0.2) is 35.0 Å². The summed E-state index contributed by atoms with van der Waals surface area (Å²) in [6.07, 6.45) is -2.18. The number of hydrogen-bond donors (Lipinski definition) is 1. The van der Waals surface area contributed by atoms with Crippen LogP contribution in [0.3, 0.4) is 0 Å². The summed E-state index contributed by atoms with van der Waals surface area (Å²) in [5, 5.41) is 11.3. The van der Waals surface area contributed by atoms with Crippen molar-refractivity contribution in [2.24, 2.45) is 17.8 Å². The molecule has 0 bridgehead atoms. The third-order valence-corrected chi connectivity index (χ3v) is 7.06. The number of benzene rings is 2. The number of carbonyl (C=O) groups excluding carboxylic acids is 1. The maximum Gasteiger partial charge on any atom is 0.417 e. The molecule has 40 heavy (non-hydrogen) atoms. The highest BCUT2D eigenvalue weighted by molar-refractivity contribution is 5.88. The first kappa shape index (κ1) is 31.5. The third kappa shape index (κ3) is 8.26. The molecule has 0 aliphatic carbocycles. The summed E-state index contributed by atoms with van der Waals surface area (Å²) in [5.41, 5.74) is 0.614. The Labute approximate surface area is 235 Å². The fraction of sp³-hybridized carbons (Fsp3) is 0.531. The van der Waals surface area contributed by atoms with Gasteiger partial charge in [-0.15, -0.1) is 0 Å². The molecule has 1 N–H and O–H groups in total. The maximum atomic E-state index is 14.1. The molecule has 0 aliphatic rings. The minimum atomic E-state index is -4.56. The number of nitrogens with zero attached hydrogens (tertiary/aromatic N) is 1. The van der Waals surface area contributed by atoms with Gasteiger partial charge in [0.25, 0.3) is 0 Å². The van der Waals surface area contributed by atoms with Crippen molar-refractivity contribution in [3.8, 4) is 17.0 Å². The Morgan fingerprint density at radius 2 is 1.73 bits per heavy atom. The van der Waals surface area contributed by atoms with E-state index in [1.807, 2.05) is 56.5 Å². The molecule has 2 unspecified atom stereocenters. The Hall–Kier alpha value is -3.00. The number of carbonyl (C=O) groups is 1. The van der Waals surface area contributed by atoms with Crippen molar-refractivity contribution in [1.82, 2.24) is 4.57 Å². The molecule has 1 aromatic heterocycles. The number of aliphatic hydroxyl groups is 1. The van der Waals surface area contributed by atoms with E-state index < -0.39 is 17.8 Å². The topological polar surface area (TPSA) is 60.7 Å². The number of ether oxygens (including phenoxy) is 2.